The normalized spacial score (nSPS) is 15.3. The monoisotopic (exact) mass is 469 g/mol. The molecule has 0 aromatic heterocycles. The lowest BCUT2D eigenvalue weighted by Crippen LogP contribution is -2.51. The molecule has 0 unspecified atom stereocenters. The van der Waals surface area contributed by atoms with Gasteiger partial charge in [-0.2, -0.15) is 0 Å². The summed E-state index contributed by atoms with van der Waals surface area (Å²) in [6, 6.07) is 11.2. The fourth-order valence-electron chi connectivity index (χ4n) is 3.36. The van der Waals surface area contributed by atoms with Gasteiger partial charge >= 0.3 is 0 Å². The van der Waals surface area contributed by atoms with Crippen LogP contribution in [0.2, 0.25) is 10.0 Å². The Hall–Kier alpha value is -1.80. The topological polar surface area (TPSA) is 60.9 Å². The summed E-state index contributed by atoms with van der Waals surface area (Å²) >= 11 is 12.5. The van der Waals surface area contributed by atoms with Crippen molar-refractivity contribution in [3.05, 3.63) is 58.1 Å². The van der Waals surface area contributed by atoms with Crippen LogP contribution in [0.5, 0.6) is 0 Å². The molecule has 0 N–H and O–H groups in total. The average Bonchev–Trinajstić information content (AvgIpc) is 2.74. The Bertz CT molecular complexity index is 1000. The van der Waals surface area contributed by atoms with Gasteiger partial charge in [-0.25, -0.2) is 8.42 Å². The summed E-state index contributed by atoms with van der Waals surface area (Å²) < 4.78 is 28.0. The highest BCUT2D eigenvalue weighted by atomic mass is 35.5. The van der Waals surface area contributed by atoms with E-state index in [2.05, 4.69) is 11.8 Å². The largest absolute Gasteiger partial charge is 0.339 e. The SMILES string of the molecule is CCN1CCN(C(=O)CN(c2cccc(Cl)c2Cl)S(=O)(=O)c2ccc(C)cc2)CC1. The van der Waals surface area contributed by atoms with E-state index in [0.717, 1.165) is 29.5 Å². The van der Waals surface area contributed by atoms with Crippen molar-refractivity contribution in [2.45, 2.75) is 18.7 Å². The van der Waals surface area contributed by atoms with Gasteiger partial charge in [-0.05, 0) is 37.7 Å². The van der Waals surface area contributed by atoms with E-state index in [1.54, 1.807) is 35.2 Å². The van der Waals surface area contributed by atoms with Crippen molar-refractivity contribution in [2.24, 2.45) is 0 Å². The molecule has 30 heavy (non-hydrogen) atoms. The van der Waals surface area contributed by atoms with Gasteiger partial charge in [-0.3, -0.25) is 9.10 Å². The van der Waals surface area contributed by atoms with Gasteiger partial charge in [-0.1, -0.05) is 53.9 Å². The van der Waals surface area contributed by atoms with E-state index >= 15 is 0 Å². The van der Waals surface area contributed by atoms with Crippen molar-refractivity contribution in [3.8, 4) is 0 Å². The second-order valence-electron chi connectivity index (χ2n) is 7.21. The predicted molar refractivity (Wildman–Crippen MR) is 121 cm³/mol. The first-order chi connectivity index (χ1) is 14.2. The summed E-state index contributed by atoms with van der Waals surface area (Å²) in [6.45, 7) is 7.20. The Morgan fingerprint density at radius 2 is 1.67 bits per heavy atom. The van der Waals surface area contributed by atoms with Crippen molar-refractivity contribution in [1.82, 2.24) is 9.80 Å². The van der Waals surface area contributed by atoms with E-state index in [9.17, 15) is 13.2 Å². The highest BCUT2D eigenvalue weighted by Crippen LogP contribution is 2.35. The van der Waals surface area contributed by atoms with Crippen molar-refractivity contribution in [1.29, 1.82) is 0 Å². The molecule has 1 amide bonds. The first kappa shape index (κ1) is 22.9. The molecule has 0 saturated carbocycles. The van der Waals surface area contributed by atoms with E-state index in [0.29, 0.717) is 13.1 Å². The van der Waals surface area contributed by atoms with Crippen LogP contribution in [0.25, 0.3) is 0 Å². The molecular weight excluding hydrogens is 445 g/mol. The molecule has 1 fully saturated rings. The molecule has 0 radical (unpaired) electrons. The third-order valence-corrected chi connectivity index (χ3v) is 7.84. The number of hydrogen-bond acceptors (Lipinski definition) is 4. The van der Waals surface area contributed by atoms with E-state index in [1.165, 1.54) is 12.1 Å². The van der Waals surface area contributed by atoms with E-state index in [1.807, 2.05) is 6.92 Å². The molecule has 0 bridgehead atoms. The van der Waals surface area contributed by atoms with Gasteiger partial charge in [-0.15, -0.1) is 0 Å². The van der Waals surface area contributed by atoms with Gasteiger partial charge in [0.05, 0.1) is 20.6 Å². The molecule has 1 heterocycles. The zero-order valence-electron chi connectivity index (χ0n) is 17.0. The second kappa shape index (κ2) is 9.56. The lowest BCUT2D eigenvalue weighted by Gasteiger charge is -2.35. The number of anilines is 1. The number of benzene rings is 2. The molecule has 162 valence electrons. The average molecular weight is 470 g/mol. The first-order valence-corrected chi connectivity index (χ1v) is 12.0. The first-order valence-electron chi connectivity index (χ1n) is 9.77. The lowest BCUT2D eigenvalue weighted by atomic mass is 10.2. The van der Waals surface area contributed by atoms with E-state index in [4.69, 9.17) is 23.2 Å². The highest BCUT2D eigenvalue weighted by Gasteiger charge is 2.31. The number of aryl methyl sites for hydroxylation is 1. The Balaban J connectivity index is 1.95. The van der Waals surface area contributed by atoms with Crippen LogP contribution in [0.4, 0.5) is 5.69 Å². The standard InChI is InChI=1S/C21H25Cl2N3O3S/c1-3-24-11-13-25(14-12-24)20(27)15-26(19-6-4-5-18(22)21(19)23)30(28,29)17-9-7-16(2)8-10-17/h4-10H,3,11-15H2,1-2H3. The lowest BCUT2D eigenvalue weighted by molar-refractivity contribution is -0.131. The molecule has 6 nitrogen and oxygen atoms in total. The summed E-state index contributed by atoms with van der Waals surface area (Å²) in [5.74, 6) is -0.266. The van der Waals surface area contributed by atoms with Crippen LogP contribution < -0.4 is 4.31 Å². The highest BCUT2D eigenvalue weighted by molar-refractivity contribution is 7.92. The van der Waals surface area contributed by atoms with Gasteiger partial charge in [0.1, 0.15) is 6.54 Å². The Morgan fingerprint density at radius 3 is 2.27 bits per heavy atom. The summed E-state index contributed by atoms with van der Waals surface area (Å²) in [5, 5.41) is 0.320. The summed E-state index contributed by atoms with van der Waals surface area (Å²) in [5.41, 5.74) is 1.12. The van der Waals surface area contributed by atoms with Gasteiger partial charge in [0.25, 0.3) is 10.0 Å². The molecule has 0 atom stereocenters. The zero-order chi connectivity index (χ0) is 21.9. The van der Waals surface area contributed by atoms with Crippen LogP contribution in [0, 0.1) is 6.92 Å². The zero-order valence-corrected chi connectivity index (χ0v) is 19.3. The molecule has 2 aromatic rings. The number of hydrogen-bond donors (Lipinski definition) is 0. The molecule has 1 saturated heterocycles. The summed E-state index contributed by atoms with van der Waals surface area (Å²) in [6.07, 6.45) is 0. The van der Waals surface area contributed by atoms with Crippen LogP contribution in [-0.2, 0) is 14.8 Å². The van der Waals surface area contributed by atoms with Crippen molar-refractivity contribution >= 4 is 44.8 Å². The number of carbonyl (C=O) groups excluding carboxylic acids is 1. The van der Waals surface area contributed by atoms with Crippen LogP contribution in [-0.4, -0.2) is 63.4 Å². The van der Waals surface area contributed by atoms with Gasteiger partial charge < -0.3 is 9.80 Å². The van der Waals surface area contributed by atoms with Gasteiger partial charge in [0, 0.05) is 26.2 Å². The van der Waals surface area contributed by atoms with Crippen LogP contribution in [0.1, 0.15) is 12.5 Å². The number of halogens is 2. The molecule has 1 aliphatic heterocycles. The number of amides is 1. The molecule has 2 aromatic carbocycles. The number of rotatable bonds is 6. The van der Waals surface area contributed by atoms with E-state index in [-0.39, 0.29) is 33.1 Å². The third-order valence-electron chi connectivity index (χ3n) is 5.26. The van der Waals surface area contributed by atoms with Crippen molar-refractivity contribution in [2.75, 3.05) is 43.6 Å². The minimum Gasteiger partial charge on any atom is -0.339 e. The number of likely N-dealkylation sites (N-methyl/N-ethyl adjacent to an activating group) is 1. The minimum atomic E-state index is -4.03. The van der Waals surface area contributed by atoms with Gasteiger partial charge in [0.15, 0.2) is 0 Å². The molecule has 1 aliphatic rings. The number of nitrogens with zero attached hydrogens (tertiary/aromatic N) is 3. The van der Waals surface area contributed by atoms with Crippen LogP contribution in [0.3, 0.4) is 0 Å². The fourth-order valence-corrected chi connectivity index (χ4v) is 5.23. The smallest absolute Gasteiger partial charge is 0.264 e. The fraction of sp³-hybridized carbons (Fsp3) is 0.381. The van der Waals surface area contributed by atoms with Crippen molar-refractivity contribution in [3.63, 3.8) is 0 Å². The van der Waals surface area contributed by atoms with Crippen LogP contribution in [0.15, 0.2) is 47.4 Å². The van der Waals surface area contributed by atoms with Crippen LogP contribution >= 0.6 is 23.2 Å². The Morgan fingerprint density at radius 1 is 1.03 bits per heavy atom. The maximum atomic E-state index is 13.5. The quantitative estimate of drug-likeness (QED) is 0.647. The maximum Gasteiger partial charge on any atom is 0.264 e. The number of sulfonamides is 1. The second-order valence-corrected chi connectivity index (χ2v) is 9.86. The Labute approximate surface area is 188 Å². The predicted octanol–water partition coefficient (Wildman–Crippen LogP) is 3.66. The summed E-state index contributed by atoms with van der Waals surface area (Å²) in [7, 11) is -4.03. The maximum absolute atomic E-state index is 13.5. The Kier molecular flexibility index (Phi) is 7.29. The third kappa shape index (κ3) is 4.91. The van der Waals surface area contributed by atoms with E-state index < -0.39 is 10.0 Å². The summed E-state index contributed by atoms with van der Waals surface area (Å²) in [4.78, 5) is 17.1. The number of carbonyl (C=O) groups is 1. The van der Waals surface area contributed by atoms with Crippen molar-refractivity contribution < 1.29 is 13.2 Å². The minimum absolute atomic E-state index is 0.0905. The number of piperazine rings is 1. The molecule has 0 spiro atoms. The van der Waals surface area contributed by atoms with Gasteiger partial charge in [0.2, 0.25) is 5.91 Å². The molecule has 3 rings (SSSR count). The molecular formula is C21H25Cl2N3O3S. The molecule has 9 heteroatoms. The molecule has 0 aliphatic carbocycles.